The van der Waals surface area contributed by atoms with Crippen LogP contribution >= 0.6 is 0 Å². The third-order valence-electron chi connectivity index (χ3n) is 4.49. The Kier molecular flexibility index (Phi) is 5.17. The molecule has 1 aromatic heterocycles. The van der Waals surface area contributed by atoms with E-state index in [4.69, 9.17) is 5.73 Å². The first-order valence-electron chi connectivity index (χ1n) is 7.50. The molecule has 5 heteroatoms. The number of aryl methyl sites for hydroxylation is 1. The standard InChI is InChI=1S/C15H26N4O/c1-18-8-7-17-14(18)11-19(2)15(20)9-12-3-5-13(10-16)6-4-12/h7-8,12-13H,3-6,9-11,16H2,1-2H3. The van der Waals surface area contributed by atoms with E-state index in [1.807, 2.05) is 24.9 Å². The van der Waals surface area contributed by atoms with Gasteiger partial charge in [0, 0.05) is 32.9 Å². The number of carbonyl (C=O) groups excluding carboxylic acids is 1. The minimum Gasteiger partial charge on any atom is -0.338 e. The van der Waals surface area contributed by atoms with Crippen LogP contribution < -0.4 is 5.73 Å². The van der Waals surface area contributed by atoms with Crippen molar-refractivity contribution < 1.29 is 4.79 Å². The van der Waals surface area contributed by atoms with Gasteiger partial charge in [0.2, 0.25) is 5.91 Å². The Morgan fingerprint density at radius 1 is 1.40 bits per heavy atom. The molecule has 0 spiro atoms. The summed E-state index contributed by atoms with van der Waals surface area (Å²) >= 11 is 0. The molecule has 0 unspecified atom stereocenters. The summed E-state index contributed by atoms with van der Waals surface area (Å²) in [5, 5.41) is 0. The monoisotopic (exact) mass is 278 g/mol. The quantitative estimate of drug-likeness (QED) is 0.888. The fourth-order valence-corrected chi connectivity index (χ4v) is 2.92. The molecular weight excluding hydrogens is 252 g/mol. The number of nitrogens with two attached hydrogens (primary N) is 1. The molecule has 0 aromatic carbocycles. The maximum Gasteiger partial charge on any atom is 0.222 e. The number of aromatic nitrogens is 2. The molecule has 1 saturated carbocycles. The molecule has 0 bridgehead atoms. The number of hydrogen-bond donors (Lipinski definition) is 1. The van der Waals surface area contributed by atoms with Crippen molar-refractivity contribution in [1.82, 2.24) is 14.5 Å². The molecule has 0 saturated heterocycles. The smallest absolute Gasteiger partial charge is 0.222 e. The summed E-state index contributed by atoms with van der Waals surface area (Å²) in [6.07, 6.45) is 8.98. The second kappa shape index (κ2) is 6.88. The topological polar surface area (TPSA) is 64.2 Å². The van der Waals surface area contributed by atoms with Gasteiger partial charge in [-0.05, 0) is 44.1 Å². The lowest BCUT2D eigenvalue weighted by molar-refractivity contribution is -0.131. The summed E-state index contributed by atoms with van der Waals surface area (Å²) < 4.78 is 1.95. The Morgan fingerprint density at radius 3 is 2.60 bits per heavy atom. The number of rotatable bonds is 5. The first-order valence-corrected chi connectivity index (χ1v) is 7.50. The molecule has 1 fully saturated rings. The summed E-state index contributed by atoms with van der Waals surface area (Å²) in [5.41, 5.74) is 5.70. The van der Waals surface area contributed by atoms with Crippen LogP contribution in [0.1, 0.15) is 37.9 Å². The first kappa shape index (κ1) is 15.0. The molecular formula is C15H26N4O. The predicted octanol–water partition coefficient (Wildman–Crippen LogP) is 1.53. The van der Waals surface area contributed by atoms with Crippen LogP contribution in [0.4, 0.5) is 0 Å². The van der Waals surface area contributed by atoms with Gasteiger partial charge in [-0.1, -0.05) is 0 Å². The molecule has 1 aliphatic rings. The number of imidazole rings is 1. The van der Waals surface area contributed by atoms with Crippen molar-refractivity contribution in [3.8, 4) is 0 Å². The largest absolute Gasteiger partial charge is 0.338 e. The van der Waals surface area contributed by atoms with Crippen molar-refractivity contribution in [2.45, 2.75) is 38.6 Å². The predicted molar refractivity (Wildman–Crippen MR) is 78.8 cm³/mol. The summed E-state index contributed by atoms with van der Waals surface area (Å²) in [5.74, 6) is 2.36. The van der Waals surface area contributed by atoms with Gasteiger partial charge in [0.05, 0.1) is 6.54 Å². The van der Waals surface area contributed by atoms with Crippen LogP contribution in [0.15, 0.2) is 12.4 Å². The lowest BCUT2D eigenvalue weighted by Gasteiger charge is -2.28. The van der Waals surface area contributed by atoms with Gasteiger partial charge < -0.3 is 15.2 Å². The van der Waals surface area contributed by atoms with Crippen LogP contribution in [0.5, 0.6) is 0 Å². The van der Waals surface area contributed by atoms with Gasteiger partial charge in [-0.25, -0.2) is 4.98 Å². The molecule has 112 valence electrons. The SMILES string of the molecule is CN(Cc1nccn1C)C(=O)CC1CCC(CN)CC1. The van der Waals surface area contributed by atoms with Gasteiger partial charge in [0.25, 0.3) is 0 Å². The maximum absolute atomic E-state index is 12.3. The van der Waals surface area contributed by atoms with E-state index < -0.39 is 0 Å². The average Bonchev–Trinajstić information content (AvgIpc) is 2.85. The van der Waals surface area contributed by atoms with Crippen LogP contribution in [0, 0.1) is 11.8 Å². The molecule has 1 heterocycles. The third kappa shape index (κ3) is 3.82. The van der Waals surface area contributed by atoms with Crippen molar-refractivity contribution in [3.05, 3.63) is 18.2 Å². The number of amides is 1. The fourth-order valence-electron chi connectivity index (χ4n) is 2.92. The summed E-state index contributed by atoms with van der Waals surface area (Å²) in [6, 6.07) is 0. The number of hydrogen-bond acceptors (Lipinski definition) is 3. The number of nitrogens with zero attached hydrogens (tertiary/aromatic N) is 3. The van der Waals surface area contributed by atoms with Crippen molar-refractivity contribution in [1.29, 1.82) is 0 Å². The van der Waals surface area contributed by atoms with E-state index in [-0.39, 0.29) is 5.91 Å². The lowest BCUT2D eigenvalue weighted by Crippen LogP contribution is -2.30. The van der Waals surface area contributed by atoms with Gasteiger partial charge in [-0.3, -0.25) is 4.79 Å². The minimum atomic E-state index is 0.226. The zero-order chi connectivity index (χ0) is 14.5. The highest BCUT2D eigenvalue weighted by molar-refractivity contribution is 5.76. The van der Waals surface area contributed by atoms with Crippen LogP contribution in [0.3, 0.4) is 0 Å². The van der Waals surface area contributed by atoms with E-state index in [0.717, 1.165) is 25.2 Å². The van der Waals surface area contributed by atoms with E-state index in [9.17, 15) is 4.79 Å². The van der Waals surface area contributed by atoms with E-state index in [1.54, 1.807) is 11.1 Å². The Bertz CT molecular complexity index is 435. The Morgan fingerprint density at radius 2 is 2.05 bits per heavy atom. The van der Waals surface area contributed by atoms with E-state index >= 15 is 0 Å². The Labute approximate surface area is 121 Å². The summed E-state index contributed by atoms with van der Waals surface area (Å²) in [6.45, 7) is 1.38. The summed E-state index contributed by atoms with van der Waals surface area (Å²) in [7, 11) is 3.82. The molecule has 5 nitrogen and oxygen atoms in total. The highest BCUT2D eigenvalue weighted by Gasteiger charge is 2.23. The van der Waals surface area contributed by atoms with E-state index in [0.29, 0.717) is 24.8 Å². The van der Waals surface area contributed by atoms with Gasteiger partial charge in [-0.15, -0.1) is 0 Å². The molecule has 2 N–H and O–H groups in total. The summed E-state index contributed by atoms with van der Waals surface area (Å²) in [4.78, 5) is 18.3. The molecule has 0 aliphatic heterocycles. The zero-order valence-electron chi connectivity index (χ0n) is 12.6. The molecule has 1 aliphatic carbocycles. The van der Waals surface area contributed by atoms with Gasteiger partial charge in [0.15, 0.2) is 0 Å². The fraction of sp³-hybridized carbons (Fsp3) is 0.733. The molecule has 2 rings (SSSR count). The third-order valence-corrected chi connectivity index (χ3v) is 4.49. The van der Waals surface area contributed by atoms with Crippen LogP contribution in [0.2, 0.25) is 0 Å². The van der Waals surface area contributed by atoms with Crippen LogP contribution in [-0.4, -0.2) is 34.0 Å². The van der Waals surface area contributed by atoms with Crippen molar-refractivity contribution >= 4 is 5.91 Å². The van der Waals surface area contributed by atoms with E-state index in [1.165, 1.54) is 12.8 Å². The van der Waals surface area contributed by atoms with Crippen molar-refractivity contribution in [2.75, 3.05) is 13.6 Å². The molecule has 0 radical (unpaired) electrons. The van der Waals surface area contributed by atoms with Crippen LogP contribution in [-0.2, 0) is 18.4 Å². The van der Waals surface area contributed by atoms with Gasteiger partial charge in [0.1, 0.15) is 5.82 Å². The van der Waals surface area contributed by atoms with E-state index in [2.05, 4.69) is 4.98 Å². The maximum atomic E-state index is 12.3. The highest BCUT2D eigenvalue weighted by Crippen LogP contribution is 2.30. The van der Waals surface area contributed by atoms with Gasteiger partial charge in [-0.2, -0.15) is 0 Å². The normalized spacial score (nSPS) is 22.8. The lowest BCUT2D eigenvalue weighted by atomic mass is 9.80. The second-order valence-corrected chi connectivity index (χ2v) is 6.03. The highest BCUT2D eigenvalue weighted by atomic mass is 16.2. The van der Waals surface area contributed by atoms with Crippen molar-refractivity contribution in [3.63, 3.8) is 0 Å². The molecule has 1 amide bonds. The molecule has 0 atom stereocenters. The first-order chi connectivity index (χ1) is 9.60. The zero-order valence-corrected chi connectivity index (χ0v) is 12.6. The average molecular weight is 278 g/mol. The Hall–Kier alpha value is -1.36. The second-order valence-electron chi connectivity index (χ2n) is 6.03. The van der Waals surface area contributed by atoms with Gasteiger partial charge >= 0.3 is 0 Å². The van der Waals surface area contributed by atoms with Crippen molar-refractivity contribution in [2.24, 2.45) is 24.6 Å². The van der Waals surface area contributed by atoms with Crippen LogP contribution in [0.25, 0.3) is 0 Å². The minimum absolute atomic E-state index is 0.226. The number of carbonyl (C=O) groups is 1. The molecule has 20 heavy (non-hydrogen) atoms. The Balaban J connectivity index is 1.78. The molecule has 1 aromatic rings.